The first-order chi connectivity index (χ1) is 14.3. The van der Waals surface area contributed by atoms with Crippen molar-refractivity contribution in [3.8, 4) is 5.75 Å². The van der Waals surface area contributed by atoms with Crippen molar-refractivity contribution in [3.63, 3.8) is 0 Å². The van der Waals surface area contributed by atoms with Crippen LogP contribution in [0, 0.1) is 0 Å². The third-order valence-electron chi connectivity index (χ3n) is 4.15. The van der Waals surface area contributed by atoms with Crippen LogP contribution in [-0.4, -0.2) is 47.1 Å². The molecule has 10 nitrogen and oxygen atoms in total. The van der Waals surface area contributed by atoms with Crippen molar-refractivity contribution in [2.45, 2.75) is 19.6 Å². The number of carbonyl (C=O) groups is 4. The van der Waals surface area contributed by atoms with Crippen molar-refractivity contribution in [3.05, 3.63) is 59.2 Å². The molecular formula is C20H18N2O8. The molecule has 0 unspecified atom stereocenters. The van der Waals surface area contributed by atoms with Crippen molar-refractivity contribution < 1.29 is 38.2 Å². The third-order valence-corrected chi connectivity index (χ3v) is 4.15. The molecule has 1 fully saturated rings. The number of nitrogens with zero attached hydrogens (tertiary/aromatic N) is 1. The number of carboxylic acids is 1. The number of ether oxygens (including phenoxy) is 2. The number of benzene rings is 1. The maximum atomic E-state index is 12.6. The van der Waals surface area contributed by atoms with E-state index in [1.807, 2.05) is 0 Å². The maximum absolute atomic E-state index is 12.6. The number of urea groups is 1. The fraction of sp³-hybridized carbons (Fsp3) is 0.200. The third kappa shape index (κ3) is 4.49. The Morgan fingerprint density at radius 2 is 2.03 bits per heavy atom. The lowest BCUT2D eigenvalue weighted by molar-refractivity contribution is -0.144. The lowest BCUT2D eigenvalue weighted by atomic mass is 10.1. The maximum Gasteiger partial charge on any atom is 0.373 e. The second kappa shape index (κ2) is 8.52. The van der Waals surface area contributed by atoms with Gasteiger partial charge >= 0.3 is 18.0 Å². The van der Waals surface area contributed by atoms with Crippen LogP contribution in [0.1, 0.15) is 28.8 Å². The Morgan fingerprint density at radius 1 is 1.27 bits per heavy atom. The van der Waals surface area contributed by atoms with E-state index in [9.17, 15) is 19.2 Å². The molecule has 30 heavy (non-hydrogen) atoms. The van der Waals surface area contributed by atoms with Gasteiger partial charge in [-0.2, -0.15) is 0 Å². The molecule has 1 saturated heterocycles. The van der Waals surface area contributed by atoms with E-state index in [0.29, 0.717) is 11.3 Å². The summed E-state index contributed by atoms with van der Waals surface area (Å²) in [7, 11) is 1.21. The summed E-state index contributed by atoms with van der Waals surface area (Å²) in [5, 5.41) is 11.4. The molecule has 10 heteroatoms. The van der Waals surface area contributed by atoms with Gasteiger partial charge in [0.05, 0.1) is 13.7 Å². The summed E-state index contributed by atoms with van der Waals surface area (Å²) in [5.74, 6) is -1.86. The molecule has 3 amide bonds. The molecule has 2 heterocycles. The Kier molecular flexibility index (Phi) is 5.86. The summed E-state index contributed by atoms with van der Waals surface area (Å²) in [6.45, 7) is 1.23. The Hall–Kier alpha value is -4.08. The number of carbonyl (C=O) groups excluding carboxylic acids is 3. The predicted octanol–water partition coefficient (Wildman–Crippen LogP) is 2.01. The average Bonchev–Trinajstić information content (AvgIpc) is 3.28. The molecule has 1 atom stereocenters. The normalized spacial score (nSPS) is 15.8. The summed E-state index contributed by atoms with van der Waals surface area (Å²) in [5.41, 5.74) is 0.560. The highest BCUT2D eigenvalue weighted by atomic mass is 16.5. The van der Waals surface area contributed by atoms with Gasteiger partial charge in [-0.3, -0.25) is 9.69 Å². The van der Waals surface area contributed by atoms with Gasteiger partial charge in [0.2, 0.25) is 5.76 Å². The van der Waals surface area contributed by atoms with Crippen LogP contribution in [0.5, 0.6) is 5.75 Å². The SMILES string of the molecule is COC(=O)c1ccc(CN2C(=O)N/C(=C\c3cccc(O[C@@H](C)C(=O)O)c3)C2=O)o1. The van der Waals surface area contributed by atoms with Crippen LogP contribution in [0.4, 0.5) is 4.79 Å². The van der Waals surface area contributed by atoms with E-state index < -0.39 is 30.0 Å². The van der Waals surface area contributed by atoms with Gasteiger partial charge in [-0.05, 0) is 42.8 Å². The van der Waals surface area contributed by atoms with E-state index >= 15 is 0 Å². The van der Waals surface area contributed by atoms with E-state index in [2.05, 4.69) is 10.1 Å². The van der Waals surface area contributed by atoms with E-state index in [4.69, 9.17) is 14.3 Å². The minimum Gasteiger partial charge on any atom is -0.479 e. The van der Waals surface area contributed by atoms with Crippen LogP contribution in [0.3, 0.4) is 0 Å². The number of hydrogen-bond acceptors (Lipinski definition) is 7. The van der Waals surface area contributed by atoms with Crippen LogP contribution in [0.15, 0.2) is 46.5 Å². The summed E-state index contributed by atoms with van der Waals surface area (Å²) >= 11 is 0. The highest BCUT2D eigenvalue weighted by molar-refractivity contribution is 6.13. The molecule has 1 aromatic heterocycles. The number of amides is 3. The van der Waals surface area contributed by atoms with Crippen LogP contribution in [-0.2, 0) is 20.9 Å². The Balaban J connectivity index is 1.74. The van der Waals surface area contributed by atoms with E-state index in [1.165, 1.54) is 32.2 Å². The topological polar surface area (TPSA) is 135 Å². The van der Waals surface area contributed by atoms with Gasteiger partial charge in [-0.15, -0.1) is 0 Å². The lowest BCUT2D eigenvalue weighted by Gasteiger charge is -2.10. The zero-order valence-corrected chi connectivity index (χ0v) is 16.1. The molecule has 0 spiro atoms. The summed E-state index contributed by atoms with van der Waals surface area (Å²) < 4.78 is 15.1. The van der Waals surface area contributed by atoms with Crippen molar-refractivity contribution in [1.29, 1.82) is 0 Å². The number of esters is 1. The molecule has 0 radical (unpaired) electrons. The van der Waals surface area contributed by atoms with Gasteiger partial charge in [-0.25, -0.2) is 14.4 Å². The molecule has 2 aromatic rings. The van der Waals surface area contributed by atoms with Gasteiger partial charge in [0.15, 0.2) is 6.10 Å². The van der Waals surface area contributed by atoms with E-state index in [1.54, 1.807) is 24.3 Å². The first kappa shape index (κ1) is 20.6. The minimum atomic E-state index is -1.11. The number of nitrogens with one attached hydrogen (secondary N) is 1. The van der Waals surface area contributed by atoms with Crippen molar-refractivity contribution in [2.75, 3.05) is 7.11 Å². The molecule has 2 N–H and O–H groups in total. The smallest absolute Gasteiger partial charge is 0.373 e. The highest BCUT2D eigenvalue weighted by Gasteiger charge is 2.34. The number of methoxy groups -OCH3 is 1. The van der Waals surface area contributed by atoms with Crippen LogP contribution >= 0.6 is 0 Å². The van der Waals surface area contributed by atoms with Gasteiger partial charge in [-0.1, -0.05) is 12.1 Å². The Labute approximate surface area is 170 Å². The number of aliphatic carboxylic acids is 1. The number of imide groups is 1. The van der Waals surface area contributed by atoms with Crippen molar-refractivity contribution in [1.82, 2.24) is 10.2 Å². The number of hydrogen-bond donors (Lipinski definition) is 2. The Morgan fingerprint density at radius 3 is 2.73 bits per heavy atom. The molecule has 0 aliphatic carbocycles. The monoisotopic (exact) mass is 414 g/mol. The second-order valence-corrected chi connectivity index (χ2v) is 6.31. The zero-order valence-electron chi connectivity index (χ0n) is 16.1. The predicted molar refractivity (Wildman–Crippen MR) is 101 cm³/mol. The standard InChI is InChI=1S/C20H18N2O8/c1-11(18(24)25)29-13-5-3-4-12(8-13)9-15-17(23)22(20(27)21-15)10-14-6-7-16(30-14)19(26)28-2/h3-9,11H,10H2,1-2H3,(H,21,27)(H,24,25)/b15-9-/t11-/m0/s1. The molecule has 1 aliphatic heterocycles. The number of rotatable bonds is 7. The fourth-order valence-electron chi connectivity index (χ4n) is 2.64. The second-order valence-electron chi connectivity index (χ2n) is 6.31. The molecular weight excluding hydrogens is 396 g/mol. The first-order valence-electron chi connectivity index (χ1n) is 8.79. The minimum absolute atomic E-state index is 0.0307. The Bertz CT molecular complexity index is 1040. The van der Waals surface area contributed by atoms with Gasteiger partial charge in [0, 0.05) is 0 Å². The van der Waals surface area contributed by atoms with Gasteiger partial charge in [0.25, 0.3) is 5.91 Å². The molecule has 0 saturated carbocycles. The highest BCUT2D eigenvalue weighted by Crippen LogP contribution is 2.21. The average molecular weight is 414 g/mol. The molecule has 1 aliphatic rings. The molecule has 3 rings (SSSR count). The van der Waals surface area contributed by atoms with Crippen LogP contribution in [0.2, 0.25) is 0 Å². The van der Waals surface area contributed by atoms with Crippen LogP contribution < -0.4 is 10.1 Å². The number of furan rings is 1. The summed E-state index contributed by atoms with van der Waals surface area (Å²) in [4.78, 5) is 48.1. The van der Waals surface area contributed by atoms with Gasteiger partial charge < -0.3 is 24.3 Å². The van der Waals surface area contributed by atoms with Crippen molar-refractivity contribution >= 4 is 30.0 Å². The number of carboxylic acid groups (broad SMARTS) is 1. The van der Waals surface area contributed by atoms with Crippen LogP contribution in [0.25, 0.3) is 6.08 Å². The zero-order chi connectivity index (χ0) is 21.8. The fourth-order valence-corrected chi connectivity index (χ4v) is 2.64. The molecule has 0 bridgehead atoms. The van der Waals surface area contributed by atoms with Crippen molar-refractivity contribution in [2.24, 2.45) is 0 Å². The largest absolute Gasteiger partial charge is 0.479 e. The molecule has 156 valence electrons. The lowest BCUT2D eigenvalue weighted by Crippen LogP contribution is -2.30. The summed E-state index contributed by atoms with van der Waals surface area (Å²) in [6, 6.07) is 8.64. The van der Waals surface area contributed by atoms with E-state index in [-0.39, 0.29) is 23.8 Å². The van der Waals surface area contributed by atoms with E-state index in [0.717, 1.165) is 4.90 Å². The summed E-state index contributed by atoms with van der Waals surface area (Å²) in [6.07, 6.45) is 0.403. The van der Waals surface area contributed by atoms with Gasteiger partial charge in [0.1, 0.15) is 17.2 Å². The quantitative estimate of drug-likeness (QED) is 0.399. The first-order valence-corrected chi connectivity index (χ1v) is 8.79. The molecule has 1 aromatic carbocycles.